The SMILES string of the molecule is Cn1c(-c2c(N)cccc2F)nc2cc(Br)ccc21. The van der Waals surface area contributed by atoms with E-state index in [2.05, 4.69) is 20.9 Å². The molecule has 3 nitrogen and oxygen atoms in total. The van der Waals surface area contributed by atoms with E-state index in [9.17, 15) is 4.39 Å². The number of nitrogens with zero attached hydrogens (tertiary/aromatic N) is 2. The van der Waals surface area contributed by atoms with Crippen molar-refractivity contribution in [2.45, 2.75) is 0 Å². The minimum Gasteiger partial charge on any atom is -0.398 e. The average molecular weight is 320 g/mol. The summed E-state index contributed by atoms with van der Waals surface area (Å²) in [4.78, 5) is 4.48. The van der Waals surface area contributed by atoms with Gasteiger partial charge < -0.3 is 10.3 Å². The molecular formula is C14H11BrFN3. The molecule has 0 aliphatic carbocycles. The van der Waals surface area contributed by atoms with Crippen LogP contribution in [0.2, 0.25) is 0 Å². The third-order valence-electron chi connectivity index (χ3n) is 3.11. The van der Waals surface area contributed by atoms with Crippen molar-refractivity contribution in [2.75, 3.05) is 5.73 Å². The Morgan fingerprint density at radius 1 is 1.26 bits per heavy atom. The van der Waals surface area contributed by atoms with Crippen molar-refractivity contribution in [2.24, 2.45) is 7.05 Å². The molecule has 0 atom stereocenters. The summed E-state index contributed by atoms with van der Waals surface area (Å²) in [7, 11) is 1.85. The summed E-state index contributed by atoms with van der Waals surface area (Å²) in [6, 6.07) is 10.4. The van der Waals surface area contributed by atoms with Crippen molar-refractivity contribution in [3.8, 4) is 11.4 Å². The van der Waals surface area contributed by atoms with Crippen LogP contribution < -0.4 is 5.73 Å². The first-order chi connectivity index (χ1) is 9.08. The highest BCUT2D eigenvalue weighted by Crippen LogP contribution is 2.31. The summed E-state index contributed by atoms with van der Waals surface area (Å²) < 4.78 is 16.8. The molecular weight excluding hydrogens is 309 g/mol. The third-order valence-corrected chi connectivity index (χ3v) is 3.61. The number of rotatable bonds is 1. The van der Waals surface area contributed by atoms with Gasteiger partial charge >= 0.3 is 0 Å². The van der Waals surface area contributed by atoms with Gasteiger partial charge in [-0.2, -0.15) is 0 Å². The first-order valence-electron chi connectivity index (χ1n) is 5.74. The zero-order valence-electron chi connectivity index (χ0n) is 10.2. The van der Waals surface area contributed by atoms with Gasteiger partial charge in [-0.15, -0.1) is 0 Å². The summed E-state index contributed by atoms with van der Waals surface area (Å²) in [5.41, 5.74) is 8.33. The summed E-state index contributed by atoms with van der Waals surface area (Å²) >= 11 is 3.40. The fraction of sp³-hybridized carbons (Fsp3) is 0.0714. The number of fused-ring (bicyclic) bond motifs is 1. The predicted molar refractivity (Wildman–Crippen MR) is 78.2 cm³/mol. The van der Waals surface area contributed by atoms with Crippen molar-refractivity contribution in [1.82, 2.24) is 9.55 Å². The molecule has 0 saturated carbocycles. The maximum Gasteiger partial charge on any atom is 0.145 e. The van der Waals surface area contributed by atoms with Crippen LogP contribution in [0.25, 0.3) is 22.4 Å². The van der Waals surface area contributed by atoms with E-state index in [1.165, 1.54) is 6.07 Å². The predicted octanol–water partition coefficient (Wildman–Crippen LogP) is 3.72. The molecule has 0 bridgehead atoms. The largest absolute Gasteiger partial charge is 0.398 e. The Morgan fingerprint density at radius 3 is 2.79 bits per heavy atom. The molecule has 0 spiro atoms. The highest BCUT2D eigenvalue weighted by molar-refractivity contribution is 9.10. The van der Waals surface area contributed by atoms with Crippen LogP contribution in [0.4, 0.5) is 10.1 Å². The molecule has 0 aliphatic rings. The van der Waals surface area contributed by atoms with Crippen LogP contribution in [0.5, 0.6) is 0 Å². The molecule has 1 aromatic heterocycles. The standard InChI is InChI=1S/C14H11BrFN3/c1-19-12-6-5-8(15)7-11(12)18-14(19)13-9(16)3-2-4-10(13)17/h2-7H,17H2,1H3. The molecule has 0 amide bonds. The smallest absolute Gasteiger partial charge is 0.145 e. The van der Waals surface area contributed by atoms with Crippen molar-refractivity contribution in [1.29, 1.82) is 0 Å². The van der Waals surface area contributed by atoms with Gasteiger partial charge in [0, 0.05) is 17.2 Å². The normalized spacial score (nSPS) is 11.1. The highest BCUT2D eigenvalue weighted by atomic mass is 79.9. The van der Waals surface area contributed by atoms with Crippen molar-refractivity contribution in [3.63, 3.8) is 0 Å². The molecule has 19 heavy (non-hydrogen) atoms. The average Bonchev–Trinajstić information content (AvgIpc) is 2.66. The fourth-order valence-electron chi connectivity index (χ4n) is 2.17. The molecule has 96 valence electrons. The Balaban J connectivity index is 2.34. The van der Waals surface area contributed by atoms with Gasteiger partial charge in [-0.25, -0.2) is 9.37 Å². The molecule has 3 rings (SSSR count). The number of aromatic nitrogens is 2. The molecule has 2 N–H and O–H groups in total. The lowest BCUT2D eigenvalue weighted by Gasteiger charge is -2.06. The van der Waals surface area contributed by atoms with Gasteiger partial charge in [0.05, 0.1) is 16.6 Å². The van der Waals surface area contributed by atoms with Crippen LogP contribution in [0.1, 0.15) is 0 Å². The number of hydrogen-bond donors (Lipinski definition) is 1. The van der Waals surface area contributed by atoms with Gasteiger partial charge in [-0.05, 0) is 30.3 Å². The van der Waals surface area contributed by atoms with E-state index in [0.717, 1.165) is 15.5 Å². The topological polar surface area (TPSA) is 43.8 Å². The van der Waals surface area contributed by atoms with Crippen LogP contribution in [0.3, 0.4) is 0 Å². The number of imidazole rings is 1. The minimum absolute atomic E-state index is 0.345. The number of aryl methyl sites for hydroxylation is 1. The third kappa shape index (κ3) is 1.90. The summed E-state index contributed by atoms with van der Waals surface area (Å²) in [5, 5.41) is 0. The van der Waals surface area contributed by atoms with Gasteiger partial charge in [0.15, 0.2) is 0 Å². The van der Waals surface area contributed by atoms with E-state index in [1.807, 2.05) is 29.8 Å². The van der Waals surface area contributed by atoms with Gasteiger partial charge in [0.1, 0.15) is 11.6 Å². The molecule has 0 saturated heterocycles. The molecule has 1 heterocycles. The molecule has 0 aliphatic heterocycles. The van der Waals surface area contributed by atoms with Crippen molar-refractivity contribution >= 4 is 32.7 Å². The Kier molecular flexibility index (Phi) is 2.78. The zero-order valence-corrected chi connectivity index (χ0v) is 11.8. The maximum atomic E-state index is 14.0. The fourth-order valence-corrected chi connectivity index (χ4v) is 2.52. The van der Waals surface area contributed by atoms with E-state index in [0.29, 0.717) is 17.1 Å². The van der Waals surface area contributed by atoms with E-state index < -0.39 is 0 Å². The van der Waals surface area contributed by atoms with Crippen LogP contribution in [0.15, 0.2) is 40.9 Å². The second-order valence-corrected chi connectivity index (χ2v) is 5.25. The van der Waals surface area contributed by atoms with Gasteiger partial charge in [0.25, 0.3) is 0 Å². The maximum absolute atomic E-state index is 14.0. The molecule has 3 aromatic rings. The Bertz CT molecular complexity index is 759. The number of halogens is 2. The molecule has 0 unspecified atom stereocenters. The van der Waals surface area contributed by atoms with Crippen LogP contribution in [-0.2, 0) is 7.05 Å². The number of nitrogens with two attached hydrogens (primary N) is 1. The first-order valence-corrected chi connectivity index (χ1v) is 6.53. The lowest BCUT2D eigenvalue weighted by Crippen LogP contribution is -1.99. The number of benzene rings is 2. The van der Waals surface area contributed by atoms with E-state index in [4.69, 9.17) is 5.73 Å². The molecule has 0 fully saturated rings. The van der Waals surface area contributed by atoms with Crippen molar-refractivity contribution < 1.29 is 4.39 Å². The molecule has 0 radical (unpaired) electrons. The van der Waals surface area contributed by atoms with E-state index >= 15 is 0 Å². The summed E-state index contributed by atoms with van der Waals surface area (Å²) in [6.07, 6.45) is 0. The Hall–Kier alpha value is -1.88. The van der Waals surface area contributed by atoms with E-state index in [1.54, 1.807) is 12.1 Å². The first kappa shape index (κ1) is 12.2. The second kappa shape index (κ2) is 4.35. The summed E-state index contributed by atoms with van der Waals surface area (Å²) in [5.74, 6) is 0.168. The molecule has 2 aromatic carbocycles. The quantitative estimate of drug-likeness (QED) is 0.695. The van der Waals surface area contributed by atoms with Crippen LogP contribution in [0, 0.1) is 5.82 Å². The van der Waals surface area contributed by atoms with Gasteiger partial charge in [-0.1, -0.05) is 22.0 Å². The minimum atomic E-state index is -0.363. The van der Waals surface area contributed by atoms with E-state index in [-0.39, 0.29) is 5.82 Å². The van der Waals surface area contributed by atoms with Gasteiger partial charge in [-0.3, -0.25) is 0 Å². The monoisotopic (exact) mass is 319 g/mol. The number of anilines is 1. The number of nitrogen functional groups attached to an aromatic ring is 1. The van der Waals surface area contributed by atoms with Crippen LogP contribution >= 0.6 is 15.9 Å². The highest BCUT2D eigenvalue weighted by Gasteiger charge is 2.16. The molecule has 5 heteroatoms. The van der Waals surface area contributed by atoms with Gasteiger partial charge in [0.2, 0.25) is 0 Å². The Labute approximate surface area is 118 Å². The zero-order chi connectivity index (χ0) is 13.6. The Morgan fingerprint density at radius 2 is 2.05 bits per heavy atom. The second-order valence-electron chi connectivity index (χ2n) is 4.33. The van der Waals surface area contributed by atoms with Crippen molar-refractivity contribution in [3.05, 3.63) is 46.7 Å². The summed E-state index contributed by atoms with van der Waals surface area (Å²) in [6.45, 7) is 0. The van der Waals surface area contributed by atoms with Crippen LogP contribution in [-0.4, -0.2) is 9.55 Å². The lowest BCUT2D eigenvalue weighted by molar-refractivity contribution is 0.629. The number of hydrogen-bond acceptors (Lipinski definition) is 2. The lowest BCUT2D eigenvalue weighted by atomic mass is 10.1.